The molecule has 146 valence electrons. The van der Waals surface area contributed by atoms with Gasteiger partial charge in [0.2, 0.25) is 0 Å². The van der Waals surface area contributed by atoms with Crippen LogP contribution < -0.4 is 4.90 Å². The molecule has 0 spiro atoms. The molecule has 10 heteroatoms. The van der Waals surface area contributed by atoms with Crippen molar-refractivity contribution in [3.63, 3.8) is 0 Å². The Bertz CT molecular complexity index is 1060. The number of halogens is 1. The molecule has 2 aromatic rings. The van der Waals surface area contributed by atoms with Crippen LogP contribution in [0.5, 0.6) is 0 Å². The molecule has 4 rings (SSSR count). The molecule has 0 aromatic heterocycles. The molecule has 0 bridgehead atoms. The number of sulfone groups is 1. The van der Waals surface area contributed by atoms with Gasteiger partial charge in [0.25, 0.3) is 5.69 Å². The lowest BCUT2D eigenvalue weighted by atomic mass is 10.1. The van der Waals surface area contributed by atoms with Crippen molar-refractivity contribution in [2.45, 2.75) is 17.8 Å². The largest absolute Gasteiger partial charge is 0.315 e. The second kappa shape index (κ2) is 7.38. The molecule has 0 unspecified atom stereocenters. The van der Waals surface area contributed by atoms with Gasteiger partial charge in [0.1, 0.15) is 0 Å². The van der Waals surface area contributed by atoms with Gasteiger partial charge in [-0.25, -0.2) is 8.42 Å². The number of hydrogen-bond donors (Lipinski definition) is 0. The molecule has 2 aliphatic rings. The lowest BCUT2D eigenvalue weighted by Crippen LogP contribution is -2.39. The first-order valence-corrected chi connectivity index (χ1v) is 11.7. The van der Waals surface area contributed by atoms with E-state index in [0.29, 0.717) is 10.8 Å². The lowest BCUT2D eigenvalue weighted by molar-refractivity contribution is -0.384. The number of benzene rings is 2. The summed E-state index contributed by atoms with van der Waals surface area (Å²) in [5.74, 6) is 0.686. The zero-order valence-electron chi connectivity index (χ0n) is 14.6. The molecule has 28 heavy (non-hydrogen) atoms. The first-order chi connectivity index (χ1) is 13.3. The number of anilines is 1. The van der Waals surface area contributed by atoms with Gasteiger partial charge in [-0.2, -0.15) is 0 Å². The molecule has 0 N–H and O–H groups in total. The van der Waals surface area contributed by atoms with Crippen molar-refractivity contribution in [1.29, 1.82) is 0 Å². The molecule has 2 heterocycles. The van der Waals surface area contributed by atoms with Gasteiger partial charge in [-0.05, 0) is 23.8 Å². The van der Waals surface area contributed by atoms with Crippen LogP contribution >= 0.6 is 23.4 Å². The lowest BCUT2D eigenvalue weighted by Gasteiger charge is -2.26. The Labute approximate surface area is 171 Å². The van der Waals surface area contributed by atoms with Crippen LogP contribution in [-0.4, -0.2) is 42.1 Å². The van der Waals surface area contributed by atoms with Gasteiger partial charge < -0.3 is 4.90 Å². The van der Waals surface area contributed by atoms with Crippen molar-refractivity contribution < 1.29 is 13.3 Å². The third-order valence-electron chi connectivity index (χ3n) is 4.71. The van der Waals surface area contributed by atoms with E-state index in [1.165, 1.54) is 23.9 Å². The topological polar surface area (TPSA) is 92.9 Å². The van der Waals surface area contributed by atoms with E-state index in [4.69, 9.17) is 11.6 Å². The van der Waals surface area contributed by atoms with Gasteiger partial charge >= 0.3 is 0 Å². The standard InChI is InChI=1S/C18H16ClN3O4S2/c19-13-2-1-3-15(8-13)21-17-11-28(25,26)10-16(17)20-18(21)27-9-12-4-6-14(7-5-12)22(23)24/h1-8,16-17H,9-11H2/t16-,17+/m0/s1. The van der Waals surface area contributed by atoms with Crippen LogP contribution in [0.3, 0.4) is 0 Å². The maximum Gasteiger partial charge on any atom is 0.269 e. The summed E-state index contributed by atoms with van der Waals surface area (Å²) in [7, 11) is -3.11. The number of nitro groups is 1. The number of rotatable bonds is 4. The third kappa shape index (κ3) is 3.87. The van der Waals surface area contributed by atoms with Crippen LogP contribution in [0.4, 0.5) is 11.4 Å². The fraction of sp³-hybridized carbons (Fsp3) is 0.278. The Balaban J connectivity index is 1.58. The zero-order valence-corrected chi connectivity index (χ0v) is 17.0. The van der Waals surface area contributed by atoms with E-state index in [1.54, 1.807) is 24.3 Å². The molecule has 0 amide bonds. The highest BCUT2D eigenvalue weighted by molar-refractivity contribution is 8.13. The number of hydrogen-bond acceptors (Lipinski definition) is 7. The predicted octanol–water partition coefficient (Wildman–Crippen LogP) is 3.52. The number of nitro benzene ring substituents is 1. The van der Waals surface area contributed by atoms with Gasteiger partial charge in [0.15, 0.2) is 15.0 Å². The highest BCUT2D eigenvalue weighted by Gasteiger charge is 2.47. The summed E-state index contributed by atoms with van der Waals surface area (Å²) in [6, 6.07) is 13.2. The third-order valence-corrected chi connectivity index (χ3v) is 7.68. The first-order valence-electron chi connectivity index (χ1n) is 8.51. The number of fused-ring (bicyclic) bond motifs is 1. The minimum Gasteiger partial charge on any atom is -0.315 e. The molecule has 7 nitrogen and oxygen atoms in total. The molecular weight excluding hydrogens is 422 g/mol. The summed E-state index contributed by atoms with van der Waals surface area (Å²) in [5.41, 5.74) is 1.79. The maximum atomic E-state index is 12.1. The van der Waals surface area contributed by atoms with Crippen LogP contribution in [0, 0.1) is 10.1 Å². The van der Waals surface area contributed by atoms with Gasteiger partial charge in [0, 0.05) is 28.6 Å². The van der Waals surface area contributed by atoms with Crippen LogP contribution in [0.2, 0.25) is 5.02 Å². The van der Waals surface area contributed by atoms with Crippen molar-refractivity contribution in [2.24, 2.45) is 4.99 Å². The monoisotopic (exact) mass is 437 g/mol. The molecule has 2 aliphatic heterocycles. The summed E-state index contributed by atoms with van der Waals surface area (Å²) < 4.78 is 24.2. The Morgan fingerprint density at radius 2 is 1.96 bits per heavy atom. The molecule has 2 aromatic carbocycles. The van der Waals surface area contributed by atoms with Crippen molar-refractivity contribution in [3.8, 4) is 0 Å². The van der Waals surface area contributed by atoms with Crippen LogP contribution in [0.1, 0.15) is 5.56 Å². The minimum absolute atomic E-state index is 0.0484. The van der Waals surface area contributed by atoms with Gasteiger partial charge in [-0.3, -0.25) is 15.1 Å². The van der Waals surface area contributed by atoms with Crippen LogP contribution in [0.25, 0.3) is 0 Å². The van der Waals surface area contributed by atoms with Gasteiger partial charge in [0.05, 0.1) is 28.5 Å². The average Bonchev–Trinajstić information content (AvgIpc) is 3.11. The highest BCUT2D eigenvalue weighted by Crippen LogP contribution is 2.36. The van der Waals surface area contributed by atoms with E-state index >= 15 is 0 Å². The summed E-state index contributed by atoms with van der Waals surface area (Å²) in [6.45, 7) is 0. The molecule has 0 saturated carbocycles. The fourth-order valence-electron chi connectivity index (χ4n) is 3.42. The number of aliphatic imine (C=N–C) groups is 1. The Morgan fingerprint density at radius 1 is 1.21 bits per heavy atom. The number of thioether (sulfide) groups is 1. The van der Waals surface area contributed by atoms with E-state index in [2.05, 4.69) is 4.99 Å². The molecule has 1 fully saturated rings. The number of amidine groups is 1. The highest BCUT2D eigenvalue weighted by atomic mass is 35.5. The minimum atomic E-state index is -3.11. The second-order valence-electron chi connectivity index (χ2n) is 6.69. The zero-order chi connectivity index (χ0) is 19.9. The summed E-state index contributed by atoms with van der Waals surface area (Å²) in [4.78, 5) is 17.0. The predicted molar refractivity (Wildman–Crippen MR) is 112 cm³/mol. The molecule has 0 radical (unpaired) electrons. The Hall–Kier alpha value is -2.10. The average molecular weight is 438 g/mol. The van der Waals surface area contributed by atoms with E-state index in [9.17, 15) is 18.5 Å². The molecule has 2 atom stereocenters. The SMILES string of the molecule is O=[N+]([O-])c1ccc(CSC2=N[C@H]3CS(=O)(=O)C[C@H]3N2c2cccc(Cl)c2)cc1. The van der Waals surface area contributed by atoms with E-state index in [-0.39, 0.29) is 29.3 Å². The smallest absolute Gasteiger partial charge is 0.269 e. The van der Waals surface area contributed by atoms with E-state index < -0.39 is 14.8 Å². The van der Waals surface area contributed by atoms with Crippen molar-refractivity contribution in [1.82, 2.24) is 0 Å². The first kappa shape index (κ1) is 19.2. The van der Waals surface area contributed by atoms with Gasteiger partial charge in [-0.15, -0.1) is 0 Å². The summed E-state index contributed by atoms with van der Waals surface area (Å²) in [6.07, 6.45) is 0. The Morgan fingerprint density at radius 3 is 2.64 bits per heavy atom. The van der Waals surface area contributed by atoms with Crippen molar-refractivity contribution in [3.05, 3.63) is 69.2 Å². The van der Waals surface area contributed by atoms with Crippen molar-refractivity contribution in [2.75, 3.05) is 16.4 Å². The summed E-state index contributed by atoms with van der Waals surface area (Å²) in [5, 5.41) is 12.1. The normalized spacial score (nSPS) is 22.8. The van der Waals surface area contributed by atoms with Crippen LogP contribution in [-0.2, 0) is 15.6 Å². The quantitative estimate of drug-likeness (QED) is 0.536. The molecule has 0 aliphatic carbocycles. The fourth-order valence-corrected chi connectivity index (χ4v) is 6.53. The number of non-ortho nitro benzene ring substituents is 1. The van der Waals surface area contributed by atoms with E-state index in [0.717, 1.165) is 16.4 Å². The van der Waals surface area contributed by atoms with Gasteiger partial charge in [-0.1, -0.05) is 41.6 Å². The Kier molecular flexibility index (Phi) is 5.07. The second-order valence-corrected chi connectivity index (χ2v) is 10.2. The summed E-state index contributed by atoms with van der Waals surface area (Å²) >= 11 is 7.62. The molecular formula is C18H16ClN3O4S2. The maximum absolute atomic E-state index is 12.1. The van der Waals surface area contributed by atoms with Crippen molar-refractivity contribution >= 4 is 49.7 Å². The number of nitrogens with zero attached hydrogens (tertiary/aromatic N) is 3. The van der Waals surface area contributed by atoms with E-state index in [1.807, 2.05) is 17.0 Å². The molecule has 1 saturated heterocycles. The van der Waals surface area contributed by atoms with Crippen LogP contribution in [0.15, 0.2) is 53.5 Å².